The Labute approximate surface area is 103 Å². The summed E-state index contributed by atoms with van der Waals surface area (Å²) in [6, 6.07) is 5.70. The van der Waals surface area contributed by atoms with Crippen LogP contribution in [-0.2, 0) is 0 Å². The van der Waals surface area contributed by atoms with Gasteiger partial charge in [-0.2, -0.15) is 0 Å². The smallest absolute Gasteiger partial charge is 0.168 e. The maximum atomic E-state index is 9.97. The van der Waals surface area contributed by atoms with Gasteiger partial charge >= 0.3 is 0 Å². The SMILES string of the molecule is CCCCC(O)c1noc2cc(Br)ccc12. The number of hydrogen-bond acceptors (Lipinski definition) is 3. The third-order valence-corrected chi connectivity index (χ3v) is 3.10. The normalized spacial score (nSPS) is 13.2. The van der Waals surface area contributed by atoms with E-state index in [1.807, 2.05) is 18.2 Å². The summed E-state index contributed by atoms with van der Waals surface area (Å²) in [5.41, 5.74) is 1.36. The van der Waals surface area contributed by atoms with E-state index >= 15 is 0 Å². The van der Waals surface area contributed by atoms with Gasteiger partial charge in [0, 0.05) is 9.86 Å². The molecule has 0 amide bonds. The Kier molecular flexibility index (Phi) is 3.61. The topological polar surface area (TPSA) is 46.3 Å². The Morgan fingerprint density at radius 3 is 3.06 bits per heavy atom. The van der Waals surface area contributed by atoms with Crippen LogP contribution in [0.15, 0.2) is 27.2 Å². The first-order chi connectivity index (χ1) is 7.72. The van der Waals surface area contributed by atoms with E-state index in [9.17, 15) is 5.11 Å². The van der Waals surface area contributed by atoms with Gasteiger partial charge in [-0.3, -0.25) is 0 Å². The Hall–Kier alpha value is -0.870. The van der Waals surface area contributed by atoms with Crippen molar-refractivity contribution in [2.24, 2.45) is 0 Å². The van der Waals surface area contributed by atoms with Crippen LogP contribution >= 0.6 is 15.9 Å². The van der Waals surface area contributed by atoms with Crippen LogP contribution in [0.25, 0.3) is 11.0 Å². The van der Waals surface area contributed by atoms with Gasteiger partial charge in [0.15, 0.2) is 5.58 Å². The van der Waals surface area contributed by atoms with Crippen LogP contribution in [0.4, 0.5) is 0 Å². The van der Waals surface area contributed by atoms with Gasteiger partial charge in [-0.25, -0.2) is 0 Å². The minimum absolute atomic E-state index is 0.526. The van der Waals surface area contributed by atoms with Crippen LogP contribution < -0.4 is 0 Å². The van der Waals surface area contributed by atoms with Crippen molar-refractivity contribution in [1.29, 1.82) is 0 Å². The highest BCUT2D eigenvalue weighted by Crippen LogP contribution is 2.28. The lowest BCUT2D eigenvalue weighted by molar-refractivity contribution is 0.156. The second-order valence-corrected chi connectivity index (χ2v) is 4.78. The fraction of sp³-hybridized carbons (Fsp3) is 0.417. The average molecular weight is 284 g/mol. The van der Waals surface area contributed by atoms with Crippen LogP contribution in [-0.4, -0.2) is 10.3 Å². The molecule has 86 valence electrons. The molecule has 3 nitrogen and oxygen atoms in total. The number of fused-ring (bicyclic) bond motifs is 1. The van der Waals surface area contributed by atoms with E-state index in [1.165, 1.54) is 0 Å². The first-order valence-corrected chi connectivity index (χ1v) is 6.24. The molecule has 1 atom stereocenters. The zero-order chi connectivity index (χ0) is 11.5. The summed E-state index contributed by atoms with van der Waals surface area (Å²) in [4.78, 5) is 0. The molecule has 1 aromatic carbocycles. The molecule has 2 rings (SSSR count). The molecule has 0 saturated heterocycles. The number of benzene rings is 1. The predicted octanol–water partition coefficient (Wildman–Crippen LogP) is 3.81. The number of hydrogen-bond donors (Lipinski definition) is 1. The summed E-state index contributed by atoms with van der Waals surface area (Å²) in [7, 11) is 0. The number of unbranched alkanes of at least 4 members (excludes halogenated alkanes) is 1. The number of halogens is 1. The highest BCUT2D eigenvalue weighted by atomic mass is 79.9. The van der Waals surface area contributed by atoms with Crippen molar-refractivity contribution in [3.05, 3.63) is 28.4 Å². The zero-order valence-electron chi connectivity index (χ0n) is 9.11. The molecule has 0 aliphatic rings. The van der Waals surface area contributed by atoms with Gasteiger partial charge in [0.05, 0.1) is 0 Å². The molecular formula is C12H14BrNO2. The first kappa shape index (κ1) is 11.6. The van der Waals surface area contributed by atoms with E-state index in [2.05, 4.69) is 28.0 Å². The van der Waals surface area contributed by atoms with Crippen molar-refractivity contribution >= 4 is 26.9 Å². The molecule has 0 aliphatic carbocycles. The summed E-state index contributed by atoms with van der Waals surface area (Å²) < 4.78 is 6.14. The molecule has 0 fully saturated rings. The van der Waals surface area contributed by atoms with E-state index in [0.717, 1.165) is 29.1 Å². The van der Waals surface area contributed by atoms with Crippen LogP contribution in [0.2, 0.25) is 0 Å². The molecule has 0 bridgehead atoms. The third kappa shape index (κ3) is 2.28. The van der Waals surface area contributed by atoms with Crippen LogP contribution in [0, 0.1) is 0 Å². The average Bonchev–Trinajstić information content (AvgIpc) is 2.68. The van der Waals surface area contributed by atoms with Gasteiger partial charge in [-0.05, 0) is 24.6 Å². The van der Waals surface area contributed by atoms with E-state index in [4.69, 9.17) is 4.52 Å². The van der Waals surface area contributed by atoms with E-state index in [1.54, 1.807) is 0 Å². The maximum absolute atomic E-state index is 9.97. The molecule has 16 heavy (non-hydrogen) atoms. The summed E-state index contributed by atoms with van der Waals surface area (Å²) in [6.45, 7) is 2.10. The van der Waals surface area contributed by atoms with Crippen LogP contribution in [0.3, 0.4) is 0 Å². The second kappa shape index (κ2) is 4.97. The molecule has 4 heteroatoms. The quantitative estimate of drug-likeness (QED) is 0.928. The van der Waals surface area contributed by atoms with Gasteiger partial charge in [-0.1, -0.05) is 40.9 Å². The third-order valence-electron chi connectivity index (χ3n) is 2.61. The highest BCUT2D eigenvalue weighted by molar-refractivity contribution is 9.10. The number of rotatable bonds is 4. The predicted molar refractivity (Wildman–Crippen MR) is 66.2 cm³/mol. The standard InChI is InChI=1S/C12H14BrNO2/c1-2-3-4-10(15)12-9-6-5-8(13)7-11(9)16-14-12/h5-7,10,15H,2-4H2,1H3. The summed E-state index contributed by atoms with van der Waals surface area (Å²) in [6.07, 6.45) is 2.26. The lowest BCUT2D eigenvalue weighted by Gasteiger charge is -2.05. The van der Waals surface area contributed by atoms with Gasteiger partial charge in [0.2, 0.25) is 0 Å². The van der Waals surface area contributed by atoms with E-state index in [0.29, 0.717) is 11.3 Å². The second-order valence-electron chi connectivity index (χ2n) is 3.87. The molecule has 2 aromatic rings. The number of nitrogens with zero attached hydrogens (tertiary/aromatic N) is 1. The first-order valence-electron chi connectivity index (χ1n) is 5.45. The summed E-state index contributed by atoms with van der Waals surface area (Å²) in [5.74, 6) is 0. The monoisotopic (exact) mass is 283 g/mol. The molecule has 0 saturated carbocycles. The lowest BCUT2D eigenvalue weighted by atomic mass is 10.1. The fourth-order valence-corrected chi connectivity index (χ4v) is 2.05. The fourth-order valence-electron chi connectivity index (χ4n) is 1.71. The van der Waals surface area contributed by atoms with Crippen molar-refractivity contribution in [3.8, 4) is 0 Å². The molecule has 1 unspecified atom stereocenters. The van der Waals surface area contributed by atoms with Crippen molar-refractivity contribution < 1.29 is 9.63 Å². The summed E-state index contributed by atoms with van der Waals surface area (Å²) >= 11 is 3.37. The minimum atomic E-state index is -0.526. The van der Waals surface area contributed by atoms with Gasteiger partial charge < -0.3 is 9.63 Å². The van der Waals surface area contributed by atoms with E-state index in [-0.39, 0.29) is 0 Å². The molecule has 1 aromatic heterocycles. The maximum Gasteiger partial charge on any atom is 0.168 e. The molecule has 0 radical (unpaired) electrons. The largest absolute Gasteiger partial charge is 0.387 e. The van der Waals surface area contributed by atoms with Gasteiger partial charge in [-0.15, -0.1) is 0 Å². The number of aromatic nitrogens is 1. The highest BCUT2D eigenvalue weighted by Gasteiger charge is 2.16. The van der Waals surface area contributed by atoms with Crippen molar-refractivity contribution in [3.63, 3.8) is 0 Å². The van der Waals surface area contributed by atoms with Crippen LogP contribution in [0.5, 0.6) is 0 Å². The Morgan fingerprint density at radius 1 is 1.50 bits per heavy atom. The number of aliphatic hydroxyl groups is 1. The molecule has 0 aliphatic heterocycles. The van der Waals surface area contributed by atoms with Crippen LogP contribution in [0.1, 0.15) is 38.0 Å². The Balaban J connectivity index is 2.31. The Morgan fingerprint density at radius 2 is 2.31 bits per heavy atom. The lowest BCUT2D eigenvalue weighted by Crippen LogP contribution is -1.97. The minimum Gasteiger partial charge on any atom is -0.387 e. The van der Waals surface area contributed by atoms with Gasteiger partial charge in [0.1, 0.15) is 11.8 Å². The number of aliphatic hydroxyl groups excluding tert-OH is 1. The van der Waals surface area contributed by atoms with Gasteiger partial charge in [0.25, 0.3) is 0 Å². The molecule has 0 spiro atoms. The van der Waals surface area contributed by atoms with E-state index < -0.39 is 6.10 Å². The molecular weight excluding hydrogens is 270 g/mol. The van der Waals surface area contributed by atoms with Crippen molar-refractivity contribution in [1.82, 2.24) is 5.16 Å². The molecule has 1 heterocycles. The Bertz CT molecular complexity index is 481. The van der Waals surface area contributed by atoms with Crippen molar-refractivity contribution in [2.45, 2.75) is 32.3 Å². The zero-order valence-corrected chi connectivity index (χ0v) is 10.7. The summed E-state index contributed by atoms with van der Waals surface area (Å²) in [5, 5.41) is 14.8. The van der Waals surface area contributed by atoms with Crippen molar-refractivity contribution in [2.75, 3.05) is 0 Å². The molecule has 1 N–H and O–H groups in total.